The smallest absolute Gasteiger partial charge is 0.251 e. The molecule has 0 saturated heterocycles. The molecule has 2 N–H and O–H groups in total. The first-order valence-electron chi connectivity index (χ1n) is 6.77. The minimum atomic E-state index is -3.50. The number of nitrogens with one attached hydrogen (secondary N) is 2. The summed E-state index contributed by atoms with van der Waals surface area (Å²) in [6, 6.07) is 5.99. The summed E-state index contributed by atoms with van der Waals surface area (Å²) in [6.45, 7) is 2.13. The Labute approximate surface area is 119 Å². The van der Waals surface area contributed by atoms with Crippen molar-refractivity contribution in [1.82, 2.24) is 10.0 Å². The monoisotopic (exact) mass is 296 g/mol. The van der Waals surface area contributed by atoms with Crippen molar-refractivity contribution in [2.24, 2.45) is 5.92 Å². The van der Waals surface area contributed by atoms with E-state index in [0.717, 1.165) is 19.3 Å². The van der Waals surface area contributed by atoms with Gasteiger partial charge in [0.2, 0.25) is 10.0 Å². The molecule has 1 aliphatic carbocycles. The molecular formula is C14H20N2O3S. The number of carbonyl (C=O) groups excluding carboxylic acids is 1. The van der Waals surface area contributed by atoms with E-state index in [1.54, 1.807) is 0 Å². The molecule has 20 heavy (non-hydrogen) atoms. The Bertz CT molecular complexity index is 581. The van der Waals surface area contributed by atoms with E-state index in [0.29, 0.717) is 11.5 Å². The van der Waals surface area contributed by atoms with Gasteiger partial charge in [-0.3, -0.25) is 4.79 Å². The van der Waals surface area contributed by atoms with E-state index in [1.807, 2.05) is 0 Å². The van der Waals surface area contributed by atoms with Gasteiger partial charge in [0, 0.05) is 18.7 Å². The molecular weight excluding hydrogens is 276 g/mol. The first-order chi connectivity index (χ1) is 9.42. The molecule has 0 aliphatic heterocycles. The van der Waals surface area contributed by atoms with Crippen LogP contribution in [-0.4, -0.2) is 27.4 Å². The summed E-state index contributed by atoms with van der Waals surface area (Å²) in [7, 11) is -1.96. The van der Waals surface area contributed by atoms with Crippen molar-refractivity contribution in [2.45, 2.75) is 37.1 Å². The van der Waals surface area contributed by atoms with Crippen LogP contribution in [0, 0.1) is 5.92 Å². The fourth-order valence-electron chi connectivity index (χ4n) is 2.53. The fourth-order valence-corrected chi connectivity index (χ4v) is 3.81. The van der Waals surface area contributed by atoms with Crippen LogP contribution in [-0.2, 0) is 10.0 Å². The maximum atomic E-state index is 12.2. The number of rotatable bonds is 4. The maximum Gasteiger partial charge on any atom is 0.251 e. The number of hydrogen-bond acceptors (Lipinski definition) is 3. The van der Waals surface area contributed by atoms with Gasteiger partial charge >= 0.3 is 0 Å². The lowest BCUT2D eigenvalue weighted by molar-refractivity contribution is 0.0963. The number of amides is 1. The number of hydrogen-bond donors (Lipinski definition) is 2. The predicted molar refractivity (Wildman–Crippen MR) is 77.0 cm³/mol. The molecule has 5 nitrogen and oxygen atoms in total. The van der Waals surface area contributed by atoms with Crippen LogP contribution in [0.5, 0.6) is 0 Å². The average Bonchev–Trinajstić information content (AvgIpc) is 2.82. The average molecular weight is 296 g/mol. The van der Waals surface area contributed by atoms with E-state index in [9.17, 15) is 13.2 Å². The van der Waals surface area contributed by atoms with Gasteiger partial charge in [0.1, 0.15) is 0 Å². The van der Waals surface area contributed by atoms with E-state index >= 15 is 0 Å². The molecule has 6 heteroatoms. The highest BCUT2D eigenvalue weighted by Crippen LogP contribution is 2.26. The lowest BCUT2D eigenvalue weighted by Crippen LogP contribution is -2.33. The zero-order chi connectivity index (χ0) is 14.8. The van der Waals surface area contributed by atoms with Gasteiger partial charge in [-0.05, 0) is 49.4 Å². The Morgan fingerprint density at radius 1 is 1.20 bits per heavy atom. The van der Waals surface area contributed by atoms with E-state index < -0.39 is 10.0 Å². The quantitative estimate of drug-likeness (QED) is 0.884. The molecule has 1 aromatic carbocycles. The van der Waals surface area contributed by atoms with Crippen LogP contribution in [0.3, 0.4) is 0 Å². The van der Waals surface area contributed by atoms with Gasteiger partial charge in [0.05, 0.1) is 4.90 Å². The molecule has 0 heterocycles. The van der Waals surface area contributed by atoms with Crippen molar-refractivity contribution < 1.29 is 13.2 Å². The van der Waals surface area contributed by atoms with E-state index in [-0.39, 0.29) is 16.8 Å². The molecule has 110 valence electrons. The van der Waals surface area contributed by atoms with E-state index in [1.165, 1.54) is 31.3 Å². The van der Waals surface area contributed by atoms with Gasteiger partial charge in [0.25, 0.3) is 5.91 Å². The lowest BCUT2D eigenvalue weighted by Gasteiger charge is -2.13. The third-order valence-electron chi connectivity index (χ3n) is 3.67. The van der Waals surface area contributed by atoms with Gasteiger partial charge in [0.15, 0.2) is 0 Å². The molecule has 2 atom stereocenters. The van der Waals surface area contributed by atoms with Gasteiger partial charge in [-0.1, -0.05) is 6.92 Å². The number of carbonyl (C=O) groups is 1. The highest BCUT2D eigenvalue weighted by molar-refractivity contribution is 7.89. The molecule has 1 aliphatic rings. The third-order valence-corrected chi connectivity index (χ3v) is 5.21. The predicted octanol–water partition coefficient (Wildman–Crippen LogP) is 1.51. The Hall–Kier alpha value is -1.40. The van der Waals surface area contributed by atoms with Crippen LogP contribution < -0.4 is 10.0 Å². The second kappa shape index (κ2) is 5.93. The largest absolute Gasteiger partial charge is 0.355 e. The summed E-state index contributed by atoms with van der Waals surface area (Å²) in [6.07, 6.45) is 2.83. The van der Waals surface area contributed by atoms with Crippen molar-refractivity contribution in [3.05, 3.63) is 29.8 Å². The summed E-state index contributed by atoms with van der Waals surface area (Å²) in [5.74, 6) is 0.338. The standard InChI is InChI=1S/C14H20N2O3S/c1-10-3-6-12(9-10)16-20(18,19)13-7-4-11(5-8-13)14(17)15-2/h4-5,7-8,10,12,16H,3,6,9H2,1-2H3,(H,15,17). The summed E-state index contributed by atoms with van der Waals surface area (Å²) < 4.78 is 27.2. The Morgan fingerprint density at radius 2 is 1.85 bits per heavy atom. The molecule has 1 amide bonds. The first kappa shape index (κ1) is 15.0. The highest BCUT2D eigenvalue weighted by Gasteiger charge is 2.26. The van der Waals surface area contributed by atoms with Crippen molar-refractivity contribution in [3.8, 4) is 0 Å². The summed E-state index contributed by atoms with van der Waals surface area (Å²) in [5.41, 5.74) is 0.445. The summed E-state index contributed by atoms with van der Waals surface area (Å²) in [5, 5.41) is 2.50. The maximum absolute atomic E-state index is 12.2. The summed E-state index contributed by atoms with van der Waals surface area (Å²) in [4.78, 5) is 11.6. The van der Waals surface area contributed by atoms with Crippen molar-refractivity contribution >= 4 is 15.9 Å². The van der Waals surface area contributed by atoms with Crippen LogP contribution in [0.15, 0.2) is 29.2 Å². The van der Waals surface area contributed by atoms with E-state index in [2.05, 4.69) is 17.0 Å². The number of sulfonamides is 1. The highest BCUT2D eigenvalue weighted by atomic mass is 32.2. The minimum absolute atomic E-state index is 0.0219. The third kappa shape index (κ3) is 3.37. The topological polar surface area (TPSA) is 75.3 Å². The molecule has 1 fully saturated rings. The molecule has 2 unspecified atom stereocenters. The molecule has 0 bridgehead atoms. The Kier molecular flexibility index (Phi) is 4.45. The molecule has 1 aromatic rings. The van der Waals surface area contributed by atoms with E-state index in [4.69, 9.17) is 0 Å². The van der Waals surface area contributed by atoms with Gasteiger partial charge in [-0.2, -0.15) is 0 Å². The lowest BCUT2D eigenvalue weighted by atomic mass is 10.1. The van der Waals surface area contributed by atoms with Gasteiger partial charge in [-0.15, -0.1) is 0 Å². The molecule has 1 saturated carbocycles. The van der Waals surface area contributed by atoms with Gasteiger partial charge < -0.3 is 5.32 Å². The summed E-state index contributed by atoms with van der Waals surface area (Å²) >= 11 is 0. The van der Waals surface area contributed by atoms with Crippen LogP contribution in [0.25, 0.3) is 0 Å². The fraction of sp³-hybridized carbons (Fsp3) is 0.500. The zero-order valence-electron chi connectivity index (χ0n) is 11.7. The molecule has 0 aromatic heterocycles. The first-order valence-corrected chi connectivity index (χ1v) is 8.25. The van der Waals surface area contributed by atoms with Crippen LogP contribution in [0.1, 0.15) is 36.5 Å². The number of benzene rings is 1. The molecule has 2 rings (SSSR count). The molecule has 0 radical (unpaired) electrons. The Morgan fingerprint density at radius 3 is 2.35 bits per heavy atom. The second-order valence-electron chi connectivity index (χ2n) is 5.34. The minimum Gasteiger partial charge on any atom is -0.355 e. The molecule has 0 spiro atoms. The van der Waals surface area contributed by atoms with Crippen molar-refractivity contribution in [2.75, 3.05) is 7.05 Å². The van der Waals surface area contributed by atoms with Crippen molar-refractivity contribution in [3.63, 3.8) is 0 Å². The Balaban J connectivity index is 2.11. The zero-order valence-corrected chi connectivity index (χ0v) is 12.5. The van der Waals surface area contributed by atoms with Crippen LogP contribution >= 0.6 is 0 Å². The van der Waals surface area contributed by atoms with Crippen LogP contribution in [0.2, 0.25) is 0 Å². The van der Waals surface area contributed by atoms with Crippen LogP contribution in [0.4, 0.5) is 0 Å². The van der Waals surface area contributed by atoms with Crippen molar-refractivity contribution in [1.29, 1.82) is 0 Å². The second-order valence-corrected chi connectivity index (χ2v) is 7.05. The SMILES string of the molecule is CNC(=O)c1ccc(S(=O)(=O)NC2CCC(C)C2)cc1. The van der Waals surface area contributed by atoms with Gasteiger partial charge in [-0.25, -0.2) is 13.1 Å². The normalized spacial score (nSPS) is 22.7.